The van der Waals surface area contributed by atoms with Crippen molar-refractivity contribution in [2.75, 3.05) is 13.2 Å². The Hall–Kier alpha value is -0.370. The number of carbonyl (C=O) groups excluding carboxylic acids is 2. The van der Waals surface area contributed by atoms with Crippen molar-refractivity contribution in [2.45, 2.75) is 38.7 Å². The zero-order valence-corrected chi connectivity index (χ0v) is 12.0. The summed E-state index contributed by atoms with van der Waals surface area (Å²) in [6, 6.07) is 0. The fraction of sp³-hybridized carbons (Fsp3) is 0.818. The molecule has 0 atom stereocenters. The Labute approximate surface area is 115 Å². The lowest BCUT2D eigenvalue weighted by Gasteiger charge is -2.27. The molecular formula is C11H17IO5. The molecule has 0 aliphatic heterocycles. The van der Waals surface area contributed by atoms with E-state index < -0.39 is 0 Å². The number of halogens is 1. The van der Waals surface area contributed by atoms with Crippen LogP contribution in [0.3, 0.4) is 0 Å². The van der Waals surface area contributed by atoms with Crippen molar-refractivity contribution in [3.05, 3.63) is 0 Å². The van der Waals surface area contributed by atoms with E-state index in [2.05, 4.69) is 3.07 Å². The van der Waals surface area contributed by atoms with Crippen LogP contribution >= 0.6 is 23.0 Å². The Morgan fingerprint density at radius 1 is 1.24 bits per heavy atom. The topological polar surface area (TPSA) is 61.8 Å². The van der Waals surface area contributed by atoms with E-state index in [1.807, 2.05) is 0 Å². The maximum absolute atomic E-state index is 10.9. The van der Waals surface area contributed by atoms with Gasteiger partial charge in [0.2, 0.25) is 0 Å². The molecule has 0 spiro atoms. The number of carbonyl (C=O) groups is 2. The molecule has 0 bridgehead atoms. The van der Waals surface area contributed by atoms with Gasteiger partial charge in [0.1, 0.15) is 6.61 Å². The molecule has 0 unspecified atom stereocenters. The monoisotopic (exact) mass is 356 g/mol. The summed E-state index contributed by atoms with van der Waals surface area (Å²) in [7, 11) is 0. The molecule has 1 aliphatic carbocycles. The third-order valence-corrected chi connectivity index (χ3v) is 3.33. The summed E-state index contributed by atoms with van der Waals surface area (Å²) in [4.78, 5) is 21.5. The van der Waals surface area contributed by atoms with Gasteiger partial charge in [-0.25, -0.2) is 4.79 Å². The SMILES string of the molecule is CC(=O)OCC1CCC(OCC(=O)OI)CC1. The molecule has 0 radical (unpaired) electrons. The van der Waals surface area contributed by atoms with Crippen LogP contribution in [0.15, 0.2) is 0 Å². The molecule has 0 heterocycles. The normalized spacial score (nSPS) is 24.1. The van der Waals surface area contributed by atoms with Gasteiger partial charge in [0.15, 0.2) is 23.0 Å². The number of hydrogen-bond acceptors (Lipinski definition) is 5. The number of ether oxygens (including phenoxy) is 2. The van der Waals surface area contributed by atoms with Gasteiger partial charge in [-0.1, -0.05) is 0 Å². The molecule has 0 aromatic carbocycles. The Balaban J connectivity index is 2.13. The van der Waals surface area contributed by atoms with E-state index in [0.717, 1.165) is 25.7 Å². The fourth-order valence-corrected chi connectivity index (χ4v) is 2.04. The van der Waals surface area contributed by atoms with Gasteiger partial charge < -0.3 is 12.5 Å². The van der Waals surface area contributed by atoms with Crippen molar-refractivity contribution in [2.24, 2.45) is 5.92 Å². The van der Waals surface area contributed by atoms with Crippen LogP contribution in [0.2, 0.25) is 0 Å². The molecule has 0 aromatic rings. The summed E-state index contributed by atoms with van der Waals surface area (Å²) in [5.74, 6) is -0.156. The van der Waals surface area contributed by atoms with Crippen LogP contribution in [-0.2, 0) is 22.1 Å². The predicted molar refractivity (Wildman–Crippen MR) is 68.4 cm³/mol. The van der Waals surface area contributed by atoms with Gasteiger partial charge in [-0.15, -0.1) is 0 Å². The highest BCUT2D eigenvalue weighted by Crippen LogP contribution is 2.26. The minimum absolute atomic E-state index is 0.0161. The van der Waals surface area contributed by atoms with E-state index in [4.69, 9.17) is 9.47 Å². The lowest BCUT2D eigenvalue weighted by Crippen LogP contribution is -2.26. The second-order valence-electron chi connectivity index (χ2n) is 4.21. The second kappa shape index (κ2) is 7.86. The molecule has 1 rings (SSSR count). The Morgan fingerprint density at radius 3 is 2.41 bits per heavy atom. The quantitative estimate of drug-likeness (QED) is 0.557. The second-order valence-corrected chi connectivity index (χ2v) is 4.65. The molecule has 1 saturated carbocycles. The molecule has 0 saturated heterocycles. The van der Waals surface area contributed by atoms with Gasteiger partial charge in [-0.05, 0) is 31.6 Å². The van der Waals surface area contributed by atoms with E-state index in [9.17, 15) is 9.59 Å². The first-order valence-corrected chi connectivity index (χ1v) is 6.56. The van der Waals surface area contributed by atoms with Crippen molar-refractivity contribution < 1.29 is 22.1 Å². The first-order chi connectivity index (χ1) is 8.11. The standard InChI is InChI=1S/C11H17IO5/c1-8(13)15-6-9-2-4-10(5-3-9)16-7-11(14)17-12/h9-10H,2-7H2,1H3. The summed E-state index contributed by atoms with van der Waals surface area (Å²) in [5.41, 5.74) is 0. The highest BCUT2D eigenvalue weighted by molar-refractivity contribution is 14.1. The Morgan fingerprint density at radius 2 is 1.88 bits per heavy atom. The molecule has 1 fully saturated rings. The summed E-state index contributed by atoms with van der Waals surface area (Å²) in [6.07, 6.45) is 3.87. The molecule has 1 aliphatic rings. The van der Waals surface area contributed by atoms with E-state index in [1.54, 1.807) is 23.0 Å². The molecule has 0 aromatic heterocycles. The van der Waals surface area contributed by atoms with Gasteiger partial charge in [0.05, 0.1) is 12.7 Å². The maximum atomic E-state index is 10.9. The van der Waals surface area contributed by atoms with E-state index in [0.29, 0.717) is 12.5 Å². The van der Waals surface area contributed by atoms with Crippen molar-refractivity contribution in [1.82, 2.24) is 0 Å². The van der Waals surface area contributed by atoms with Crippen LogP contribution in [0.1, 0.15) is 32.6 Å². The van der Waals surface area contributed by atoms with Crippen LogP contribution in [0.25, 0.3) is 0 Å². The molecule has 98 valence electrons. The van der Waals surface area contributed by atoms with Gasteiger partial charge >= 0.3 is 11.9 Å². The number of rotatable bonds is 5. The van der Waals surface area contributed by atoms with E-state index in [-0.39, 0.29) is 24.6 Å². The smallest absolute Gasteiger partial charge is 0.341 e. The minimum Gasteiger partial charge on any atom is -0.466 e. The average molecular weight is 356 g/mol. The van der Waals surface area contributed by atoms with Crippen molar-refractivity contribution in [3.63, 3.8) is 0 Å². The lowest BCUT2D eigenvalue weighted by molar-refractivity contribution is -0.144. The zero-order chi connectivity index (χ0) is 12.7. The Kier molecular flexibility index (Phi) is 6.79. The highest BCUT2D eigenvalue weighted by atomic mass is 127. The Bertz CT molecular complexity index is 261. The average Bonchev–Trinajstić information content (AvgIpc) is 2.34. The van der Waals surface area contributed by atoms with Crippen molar-refractivity contribution >= 4 is 34.9 Å². The molecular weight excluding hydrogens is 339 g/mol. The highest BCUT2D eigenvalue weighted by Gasteiger charge is 2.23. The number of hydrogen-bond donors (Lipinski definition) is 0. The zero-order valence-electron chi connectivity index (χ0n) is 9.82. The van der Waals surface area contributed by atoms with E-state index >= 15 is 0 Å². The van der Waals surface area contributed by atoms with Crippen molar-refractivity contribution in [1.29, 1.82) is 0 Å². The van der Waals surface area contributed by atoms with Crippen LogP contribution in [0.4, 0.5) is 0 Å². The summed E-state index contributed by atoms with van der Waals surface area (Å²) in [6.45, 7) is 1.93. The lowest BCUT2D eigenvalue weighted by atomic mass is 9.88. The molecule has 5 nitrogen and oxygen atoms in total. The minimum atomic E-state index is -0.354. The van der Waals surface area contributed by atoms with E-state index in [1.165, 1.54) is 6.92 Å². The summed E-state index contributed by atoms with van der Waals surface area (Å²) < 4.78 is 14.9. The van der Waals surface area contributed by atoms with Gasteiger partial charge in [0.25, 0.3) is 0 Å². The first kappa shape index (κ1) is 14.7. The first-order valence-electron chi connectivity index (χ1n) is 5.68. The van der Waals surface area contributed by atoms with Crippen LogP contribution in [-0.4, -0.2) is 31.3 Å². The van der Waals surface area contributed by atoms with Crippen LogP contribution < -0.4 is 0 Å². The molecule has 17 heavy (non-hydrogen) atoms. The largest absolute Gasteiger partial charge is 0.466 e. The predicted octanol–water partition coefficient (Wildman–Crippen LogP) is 2.02. The fourth-order valence-electron chi connectivity index (χ4n) is 1.91. The molecule has 6 heteroatoms. The van der Waals surface area contributed by atoms with Crippen LogP contribution in [0, 0.1) is 5.92 Å². The third-order valence-electron chi connectivity index (χ3n) is 2.84. The number of esters is 1. The molecule has 0 N–H and O–H groups in total. The summed E-state index contributed by atoms with van der Waals surface area (Å²) in [5, 5.41) is 0. The van der Waals surface area contributed by atoms with Crippen LogP contribution in [0.5, 0.6) is 0 Å². The van der Waals surface area contributed by atoms with Crippen molar-refractivity contribution in [3.8, 4) is 0 Å². The summed E-state index contributed by atoms with van der Waals surface area (Å²) >= 11 is 1.55. The maximum Gasteiger partial charge on any atom is 0.341 e. The van der Waals surface area contributed by atoms with Gasteiger partial charge in [0, 0.05) is 6.92 Å². The third kappa shape index (κ3) is 6.21. The van der Waals surface area contributed by atoms with Gasteiger partial charge in [-0.2, -0.15) is 0 Å². The molecule has 0 amide bonds. The van der Waals surface area contributed by atoms with Gasteiger partial charge in [-0.3, -0.25) is 4.79 Å².